The summed E-state index contributed by atoms with van der Waals surface area (Å²) in [5.41, 5.74) is 0.833. The van der Waals surface area contributed by atoms with Crippen molar-refractivity contribution in [2.75, 3.05) is 0 Å². The van der Waals surface area contributed by atoms with Gasteiger partial charge in [0.1, 0.15) is 5.15 Å². The van der Waals surface area contributed by atoms with Gasteiger partial charge in [0, 0.05) is 5.69 Å². The maximum Gasteiger partial charge on any atom is 0.186 e. The summed E-state index contributed by atoms with van der Waals surface area (Å²) in [6.45, 7) is 1.84. The molecule has 0 atom stereocenters. The van der Waals surface area contributed by atoms with Crippen LogP contribution < -0.4 is 0 Å². The van der Waals surface area contributed by atoms with E-state index in [0.717, 1.165) is 5.69 Å². The zero-order valence-electron chi connectivity index (χ0n) is 4.80. The molecule has 0 saturated heterocycles. The van der Waals surface area contributed by atoms with Crippen LogP contribution in [0.5, 0.6) is 0 Å². The lowest BCUT2D eigenvalue weighted by Gasteiger charge is -1.92. The molecule has 0 fully saturated rings. The third-order valence-electron chi connectivity index (χ3n) is 0.811. The average molecular weight is 161 g/mol. The quantitative estimate of drug-likeness (QED) is 0.355. The molecule has 0 amide bonds. The first-order valence-electron chi connectivity index (χ1n) is 2.38. The second kappa shape index (κ2) is 2.54. The van der Waals surface area contributed by atoms with Crippen LogP contribution in [0.2, 0.25) is 5.15 Å². The van der Waals surface area contributed by atoms with Gasteiger partial charge in [-0.3, -0.25) is 0 Å². The minimum atomic E-state index is 0.417. The Labute approximate surface area is 63.7 Å². The average Bonchev–Trinajstić information content (AvgIpc) is 1.59. The van der Waals surface area contributed by atoms with Crippen LogP contribution in [0.15, 0.2) is 11.2 Å². The number of aromatic nitrogens is 2. The van der Waals surface area contributed by atoms with E-state index in [-0.39, 0.29) is 0 Å². The molecule has 0 unspecified atom stereocenters. The van der Waals surface area contributed by atoms with E-state index in [1.165, 1.54) is 0 Å². The Morgan fingerprint density at radius 3 is 2.67 bits per heavy atom. The molecule has 0 radical (unpaired) electrons. The fourth-order valence-corrected chi connectivity index (χ4v) is 1.08. The predicted octanol–water partition coefficient (Wildman–Crippen LogP) is 1.73. The lowest BCUT2D eigenvalue weighted by atomic mass is 10.5. The van der Waals surface area contributed by atoms with E-state index in [1.807, 2.05) is 6.92 Å². The van der Waals surface area contributed by atoms with Crippen molar-refractivity contribution < 1.29 is 0 Å². The van der Waals surface area contributed by atoms with E-state index >= 15 is 0 Å². The third kappa shape index (κ3) is 1.84. The number of nitrogens with zero attached hydrogens (tertiary/aromatic N) is 2. The topological polar surface area (TPSA) is 25.8 Å². The van der Waals surface area contributed by atoms with Crippen LogP contribution in [-0.2, 0) is 0 Å². The first-order valence-corrected chi connectivity index (χ1v) is 3.21. The molecule has 0 saturated carbocycles. The SMILES string of the molecule is Cc1cc(Cl)nc(S)n1. The summed E-state index contributed by atoms with van der Waals surface area (Å²) in [6.07, 6.45) is 0. The Morgan fingerprint density at radius 2 is 2.22 bits per heavy atom. The molecular formula is C5H5ClN2S. The first-order chi connectivity index (χ1) is 4.18. The van der Waals surface area contributed by atoms with Crippen LogP contribution in [0.25, 0.3) is 0 Å². The number of aryl methyl sites for hydroxylation is 1. The van der Waals surface area contributed by atoms with Gasteiger partial charge < -0.3 is 0 Å². The Morgan fingerprint density at radius 1 is 1.56 bits per heavy atom. The van der Waals surface area contributed by atoms with Crippen molar-refractivity contribution in [1.29, 1.82) is 0 Å². The van der Waals surface area contributed by atoms with Gasteiger partial charge in [-0.15, -0.1) is 12.6 Å². The molecule has 9 heavy (non-hydrogen) atoms. The third-order valence-corrected chi connectivity index (χ3v) is 1.20. The highest BCUT2D eigenvalue weighted by atomic mass is 35.5. The zero-order chi connectivity index (χ0) is 6.85. The van der Waals surface area contributed by atoms with Gasteiger partial charge >= 0.3 is 0 Å². The minimum absolute atomic E-state index is 0.417. The highest BCUT2D eigenvalue weighted by Crippen LogP contribution is 2.07. The summed E-state index contributed by atoms with van der Waals surface area (Å²) in [4.78, 5) is 7.66. The molecule has 2 nitrogen and oxygen atoms in total. The van der Waals surface area contributed by atoms with Crippen molar-refractivity contribution in [3.8, 4) is 0 Å². The van der Waals surface area contributed by atoms with Crippen molar-refractivity contribution in [2.45, 2.75) is 12.1 Å². The van der Waals surface area contributed by atoms with Gasteiger partial charge in [-0.1, -0.05) is 11.6 Å². The summed E-state index contributed by atoms with van der Waals surface area (Å²) < 4.78 is 0. The van der Waals surface area contributed by atoms with Crippen LogP contribution in [0.3, 0.4) is 0 Å². The highest BCUT2D eigenvalue weighted by molar-refractivity contribution is 7.80. The van der Waals surface area contributed by atoms with Crippen LogP contribution in [0.4, 0.5) is 0 Å². The molecular weight excluding hydrogens is 156 g/mol. The van der Waals surface area contributed by atoms with Gasteiger partial charge in [-0.25, -0.2) is 9.97 Å². The number of hydrogen-bond acceptors (Lipinski definition) is 3. The molecule has 0 N–H and O–H groups in total. The molecule has 0 spiro atoms. The molecule has 4 heteroatoms. The predicted molar refractivity (Wildman–Crippen MR) is 39.0 cm³/mol. The van der Waals surface area contributed by atoms with E-state index in [0.29, 0.717) is 10.3 Å². The van der Waals surface area contributed by atoms with Crippen LogP contribution in [0.1, 0.15) is 5.69 Å². The fourth-order valence-electron chi connectivity index (χ4n) is 0.515. The summed E-state index contributed by atoms with van der Waals surface area (Å²) >= 11 is 9.47. The largest absolute Gasteiger partial charge is 0.228 e. The molecule has 0 aliphatic heterocycles. The molecule has 0 bridgehead atoms. The number of halogens is 1. The summed E-state index contributed by atoms with van der Waals surface area (Å²) in [7, 11) is 0. The van der Waals surface area contributed by atoms with E-state index in [2.05, 4.69) is 22.6 Å². The summed E-state index contributed by atoms with van der Waals surface area (Å²) in [5.74, 6) is 0. The molecule has 1 aromatic rings. The van der Waals surface area contributed by atoms with Crippen molar-refractivity contribution in [1.82, 2.24) is 9.97 Å². The lowest BCUT2D eigenvalue weighted by Crippen LogP contribution is -1.86. The smallest absolute Gasteiger partial charge is 0.186 e. The van der Waals surface area contributed by atoms with Gasteiger partial charge in [-0.2, -0.15) is 0 Å². The number of rotatable bonds is 0. The van der Waals surface area contributed by atoms with Crippen molar-refractivity contribution >= 4 is 24.2 Å². The van der Waals surface area contributed by atoms with E-state index in [4.69, 9.17) is 11.6 Å². The van der Waals surface area contributed by atoms with Crippen molar-refractivity contribution in [2.24, 2.45) is 0 Å². The van der Waals surface area contributed by atoms with Crippen molar-refractivity contribution in [3.63, 3.8) is 0 Å². The molecule has 48 valence electrons. The van der Waals surface area contributed by atoms with E-state index in [9.17, 15) is 0 Å². The number of hydrogen-bond donors (Lipinski definition) is 1. The van der Waals surface area contributed by atoms with Gasteiger partial charge in [0.25, 0.3) is 0 Å². The van der Waals surface area contributed by atoms with Crippen LogP contribution >= 0.6 is 24.2 Å². The van der Waals surface area contributed by atoms with Gasteiger partial charge in [-0.05, 0) is 13.0 Å². The van der Waals surface area contributed by atoms with E-state index < -0.39 is 0 Å². The maximum atomic E-state index is 5.55. The van der Waals surface area contributed by atoms with Gasteiger partial charge in [0.15, 0.2) is 5.16 Å². The second-order valence-electron chi connectivity index (χ2n) is 1.63. The Balaban J connectivity index is 3.17. The summed E-state index contributed by atoms with van der Waals surface area (Å²) in [6, 6.07) is 1.68. The zero-order valence-corrected chi connectivity index (χ0v) is 6.45. The first kappa shape index (κ1) is 6.83. The van der Waals surface area contributed by atoms with Gasteiger partial charge in [0.2, 0.25) is 0 Å². The Kier molecular flexibility index (Phi) is 1.93. The Hall–Kier alpha value is -0.280. The lowest BCUT2D eigenvalue weighted by molar-refractivity contribution is 0.939. The second-order valence-corrected chi connectivity index (χ2v) is 2.42. The number of thiol groups is 1. The standard InChI is InChI=1S/C5H5ClN2S/c1-3-2-4(6)8-5(9)7-3/h2H,1H3,(H,7,8,9). The molecule has 0 aliphatic rings. The van der Waals surface area contributed by atoms with Crippen LogP contribution in [-0.4, -0.2) is 9.97 Å². The highest BCUT2D eigenvalue weighted by Gasteiger charge is 1.93. The molecule has 0 aliphatic carbocycles. The maximum absolute atomic E-state index is 5.55. The Bertz CT molecular complexity index is 176. The van der Waals surface area contributed by atoms with Gasteiger partial charge in [0.05, 0.1) is 0 Å². The normalized spacial score (nSPS) is 9.67. The molecule has 1 rings (SSSR count). The minimum Gasteiger partial charge on any atom is -0.228 e. The van der Waals surface area contributed by atoms with E-state index in [1.54, 1.807) is 6.07 Å². The molecule has 1 heterocycles. The van der Waals surface area contributed by atoms with Crippen molar-refractivity contribution in [3.05, 3.63) is 16.9 Å². The summed E-state index contributed by atoms with van der Waals surface area (Å²) in [5, 5.41) is 0.854. The monoisotopic (exact) mass is 160 g/mol. The van der Waals surface area contributed by atoms with Crippen LogP contribution in [0, 0.1) is 6.92 Å². The molecule has 0 aromatic carbocycles. The molecule has 1 aromatic heterocycles. The fraction of sp³-hybridized carbons (Fsp3) is 0.200.